The first kappa shape index (κ1) is 30.1. The maximum absolute atomic E-state index is 12.4. The minimum absolute atomic E-state index is 0.100. The normalized spacial score (nSPS) is 11.0. The molecule has 0 saturated carbocycles. The lowest BCUT2D eigenvalue weighted by Gasteiger charge is -2.26. The number of nitriles is 1. The average molecular weight is 567 g/mol. The molecular formula is C32H38N8O2. The molecule has 2 aromatic carbocycles. The van der Waals surface area contributed by atoms with Crippen molar-refractivity contribution < 1.29 is 9.53 Å². The highest BCUT2D eigenvalue weighted by Crippen LogP contribution is 2.39. The number of aryl methyl sites for hydroxylation is 2. The molecule has 0 aliphatic carbocycles. The summed E-state index contributed by atoms with van der Waals surface area (Å²) in [6, 6.07) is 11.8. The van der Waals surface area contributed by atoms with Crippen LogP contribution in [0, 0.1) is 18.3 Å². The highest BCUT2D eigenvalue weighted by atomic mass is 16.5. The Labute approximate surface area is 247 Å². The monoisotopic (exact) mass is 566 g/mol. The van der Waals surface area contributed by atoms with E-state index < -0.39 is 0 Å². The average Bonchev–Trinajstić information content (AvgIpc) is 3.25. The molecule has 0 spiro atoms. The molecule has 0 aliphatic heterocycles. The number of aromatic nitrogens is 3. The number of benzene rings is 2. The fourth-order valence-corrected chi connectivity index (χ4v) is 4.76. The number of carbonyl (C=O) groups is 1. The van der Waals surface area contributed by atoms with E-state index in [-0.39, 0.29) is 12.0 Å². The van der Waals surface area contributed by atoms with Crippen molar-refractivity contribution in [2.75, 3.05) is 49.8 Å². The molecule has 0 saturated heterocycles. The van der Waals surface area contributed by atoms with Gasteiger partial charge in [-0.2, -0.15) is 5.26 Å². The molecule has 2 heterocycles. The molecule has 0 unspecified atom stereocenters. The van der Waals surface area contributed by atoms with Crippen LogP contribution >= 0.6 is 0 Å². The van der Waals surface area contributed by atoms with Crippen molar-refractivity contribution in [1.82, 2.24) is 19.4 Å². The SMILES string of the molecule is C=CC(=O)Nc1cc(Nc2nccc(-c3cc(C#N)c4c(c3)c(C)cn4C)n2)c(OC(C)C)cc1N(C)CCN(C)C. The molecular weight excluding hydrogens is 528 g/mol. The number of rotatable bonds is 11. The lowest BCUT2D eigenvalue weighted by molar-refractivity contribution is -0.111. The van der Waals surface area contributed by atoms with Crippen LogP contribution in [0.5, 0.6) is 5.75 Å². The van der Waals surface area contributed by atoms with Crippen LogP contribution in [0.1, 0.15) is 25.0 Å². The molecule has 42 heavy (non-hydrogen) atoms. The van der Waals surface area contributed by atoms with E-state index in [4.69, 9.17) is 9.72 Å². The van der Waals surface area contributed by atoms with Gasteiger partial charge in [0.2, 0.25) is 11.9 Å². The summed E-state index contributed by atoms with van der Waals surface area (Å²) < 4.78 is 8.18. The Bertz CT molecular complexity index is 1670. The summed E-state index contributed by atoms with van der Waals surface area (Å²) in [5.41, 5.74) is 6.03. The number of amides is 1. The third-order valence-electron chi connectivity index (χ3n) is 6.79. The van der Waals surface area contributed by atoms with Gasteiger partial charge in [0, 0.05) is 56.6 Å². The molecule has 0 fully saturated rings. The van der Waals surface area contributed by atoms with Gasteiger partial charge in [0.1, 0.15) is 11.8 Å². The molecule has 1 amide bonds. The summed E-state index contributed by atoms with van der Waals surface area (Å²) in [7, 11) is 7.95. The maximum atomic E-state index is 12.4. The Morgan fingerprint density at radius 1 is 1.19 bits per heavy atom. The number of hydrogen-bond donors (Lipinski definition) is 2. The van der Waals surface area contributed by atoms with Gasteiger partial charge in [0.05, 0.1) is 39.9 Å². The van der Waals surface area contributed by atoms with Crippen molar-refractivity contribution in [3.8, 4) is 23.1 Å². The quantitative estimate of drug-likeness (QED) is 0.230. The van der Waals surface area contributed by atoms with Crippen LogP contribution in [-0.2, 0) is 11.8 Å². The van der Waals surface area contributed by atoms with Gasteiger partial charge in [-0.15, -0.1) is 0 Å². The smallest absolute Gasteiger partial charge is 0.247 e. The van der Waals surface area contributed by atoms with Gasteiger partial charge in [-0.05, 0) is 70.8 Å². The van der Waals surface area contributed by atoms with Crippen molar-refractivity contribution in [2.24, 2.45) is 7.05 Å². The van der Waals surface area contributed by atoms with Crippen molar-refractivity contribution in [3.63, 3.8) is 0 Å². The van der Waals surface area contributed by atoms with E-state index in [1.54, 1.807) is 6.20 Å². The lowest BCUT2D eigenvalue weighted by atomic mass is 10.0. The molecule has 10 nitrogen and oxygen atoms in total. The maximum Gasteiger partial charge on any atom is 0.247 e. The molecule has 4 aromatic rings. The van der Waals surface area contributed by atoms with E-state index in [0.29, 0.717) is 34.3 Å². The minimum atomic E-state index is -0.320. The summed E-state index contributed by atoms with van der Waals surface area (Å²) in [6.45, 7) is 11.1. The molecule has 2 aromatic heterocycles. The van der Waals surface area contributed by atoms with Crippen molar-refractivity contribution in [2.45, 2.75) is 26.9 Å². The van der Waals surface area contributed by atoms with Crippen LogP contribution in [0.2, 0.25) is 0 Å². The van der Waals surface area contributed by atoms with Gasteiger partial charge in [-0.25, -0.2) is 9.97 Å². The van der Waals surface area contributed by atoms with Crippen LogP contribution in [-0.4, -0.2) is 65.7 Å². The second kappa shape index (κ2) is 12.7. The number of nitrogens with one attached hydrogen (secondary N) is 2. The first-order chi connectivity index (χ1) is 20.0. The third-order valence-corrected chi connectivity index (χ3v) is 6.79. The zero-order valence-corrected chi connectivity index (χ0v) is 25.3. The van der Waals surface area contributed by atoms with Crippen molar-refractivity contribution in [3.05, 3.63) is 66.5 Å². The van der Waals surface area contributed by atoms with Crippen LogP contribution in [0.4, 0.5) is 23.0 Å². The van der Waals surface area contributed by atoms with Crippen molar-refractivity contribution in [1.29, 1.82) is 5.26 Å². The number of fused-ring (bicyclic) bond motifs is 1. The number of carbonyl (C=O) groups excluding carboxylic acids is 1. The second-order valence-electron chi connectivity index (χ2n) is 10.8. The van der Waals surface area contributed by atoms with Gasteiger partial charge < -0.3 is 29.7 Å². The van der Waals surface area contributed by atoms with E-state index in [1.165, 1.54) is 6.08 Å². The fraction of sp³-hybridized carbons (Fsp3) is 0.312. The van der Waals surface area contributed by atoms with Gasteiger partial charge in [0.25, 0.3) is 0 Å². The highest BCUT2D eigenvalue weighted by molar-refractivity contribution is 6.02. The Hall–Kier alpha value is -4.88. The largest absolute Gasteiger partial charge is 0.489 e. The zero-order valence-electron chi connectivity index (χ0n) is 25.3. The highest BCUT2D eigenvalue weighted by Gasteiger charge is 2.18. The summed E-state index contributed by atoms with van der Waals surface area (Å²) in [5, 5.41) is 17.1. The van der Waals surface area contributed by atoms with E-state index in [0.717, 1.165) is 40.8 Å². The Morgan fingerprint density at radius 2 is 1.95 bits per heavy atom. The van der Waals surface area contributed by atoms with Crippen LogP contribution in [0.3, 0.4) is 0 Å². The van der Waals surface area contributed by atoms with E-state index in [9.17, 15) is 10.1 Å². The fourth-order valence-electron chi connectivity index (χ4n) is 4.76. The van der Waals surface area contributed by atoms with E-state index in [2.05, 4.69) is 38.1 Å². The number of hydrogen-bond acceptors (Lipinski definition) is 8. The number of likely N-dealkylation sites (N-methyl/N-ethyl adjacent to an activating group) is 2. The molecule has 4 rings (SSSR count). The number of anilines is 4. The van der Waals surface area contributed by atoms with Gasteiger partial charge in [-0.3, -0.25) is 4.79 Å². The molecule has 0 radical (unpaired) electrons. The summed E-state index contributed by atoms with van der Waals surface area (Å²) >= 11 is 0. The standard InChI is InChI=1S/C32H38N8O2/c1-9-30(41)35-26-16-27(29(42-20(2)3)17-28(26)39(7)13-12-38(5)6)37-32-34-11-10-25(36-32)22-14-23(18-33)31-24(15-22)21(4)19-40(31)8/h9-11,14-17,19-20H,1,12-13H2,2-8H3,(H,35,41)(H,34,36,37). The Kier molecular flexibility index (Phi) is 9.13. The summed E-state index contributed by atoms with van der Waals surface area (Å²) in [6.07, 6.45) is 4.83. The minimum Gasteiger partial charge on any atom is -0.489 e. The van der Waals surface area contributed by atoms with Crippen LogP contribution < -0.4 is 20.3 Å². The summed E-state index contributed by atoms with van der Waals surface area (Å²) in [5.74, 6) is 0.619. The summed E-state index contributed by atoms with van der Waals surface area (Å²) in [4.78, 5) is 25.8. The molecule has 10 heteroatoms. The third kappa shape index (κ3) is 6.70. The predicted octanol–water partition coefficient (Wildman–Crippen LogP) is 5.47. The topological polar surface area (TPSA) is 111 Å². The Balaban J connectivity index is 1.77. The van der Waals surface area contributed by atoms with E-state index >= 15 is 0 Å². The van der Waals surface area contributed by atoms with Crippen LogP contribution in [0.15, 0.2) is 55.4 Å². The first-order valence-electron chi connectivity index (χ1n) is 13.7. The Morgan fingerprint density at radius 3 is 2.62 bits per heavy atom. The number of nitrogens with zero attached hydrogens (tertiary/aromatic N) is 6. The van der Waals surface area contributed by atoms with Gasteiger partial charge >= 0.3 is 0 Å². The molecule has 0 aliphatic rings. The number of ether oxygens (including phenoxy) is 1. The first-order valence-corrected chi connectivity index (χ1v) is 13.7. The van der Waals surface area contributed by atoms with E-state index in [1.807, 2.05) is 90.1 Å². The molecule has 2 N–H and O–H groups in total. The second-order valence-corrected chi connectivity index (χ2v) is 10.8. The van der Waals surface area contributed by atoms with Gasteiger partial charge in [-0.1, -0.05) is 6.58 Å². The molecule has 0 bridgehead atoms. The van der Waals surface area contributed by atoms with Gasteiger partial charge in [0.15, 0.2) is 0 Å². The molecule has 0 atom stereocenters. The zero-order chi connectivity index (χ0) is 30.6. The predicted molar refractivity (Wildman–Crippen MR) is 170 cm³/mol. The molecule has 218 valence electrons. The lowest BCUT2D eigenvalue weighted by Crippen LogP contribution is -2.29. The van der Waals surface area contributed by atoms with Crippen LogP contribution in [0.25, 0.3) is 22.2 Å². The van der Waals surface area contributed by atoms with Crippen molar-refractivity contribution >= 4 is 39.8 Å².